The number of hydrogen-bond donors (Lipinski definition) is 2. The van der Waals surface area contributed by atoms with Crippen LogP contribution in [-0.4, -0.2) is 44.6 Å². The van der Waals surface area contributed by atoms with Crippen LogP contribution in [0.25, 0.3) is 10.9 Å². The predicted molar refractivity (Wildman–Crippen MR) is 91.3 cm³/mol. The van der Waals surface area contributed by atoms with Crippen molar-refractivity contribution < 1.29 is 14.3 Å². The molecule has 2 N–H and O–H groups in total. The maximum Gasteiger partial charge on any atom is 0.316 e. The molecular weight excluding hydrogens is 350 g/mol. The number of ether oxygens (including phenoxy) is 1. The molecule has 0 unspecified atom stereocenters. The topological polar surface area (TPSA) is 110 Å². The second kappa shape index (κ2) is 7.41. The number of nitrogens with one attached hydrogen (secondary N) is 2. The Bertz CT molecular complexity index is 876. The van der Waals surface area contributed by atoms with Gasteiger partial charge in [0.2, 0.25) is 5.13 Å². The zero-order valence-corrected chi connectivity index (χ0v) is 14.2. The largest absolute Gasteiger partial charge is 0.465 e. The summed E-state index contributed by atoms with van der Waals surface area (Å²) >= 11 is 2.42. The van der Waals surface area contributed by atoms with Crippen LogP contribution in [0.1, 0.15) is 17.3 Å². The molecule has 0 radical (unpaired) electrons. The number of anilines is 1. The number of nitrogens with zero attached hydrogens (tertiary/aromatic N) is 3. The zero-order valence-electron chi connectivity index (χ0n) is 12.6. The molecule has 124 valence electrons. The van der Waals surface area contributed by atoms with Gasteiger partial charge in [-0.05, 0) is 13.0 Å². The molecule has 0 atom stereocenters. The van der Waals surface area contributed by atoms with Crippen molar-refractivity contribution >= 4 is 51.0 Å². The fourth-order valence-corrected chi connectivity index (χ4v) is 3.51. The number of aromatic nitrogens is 4. The molecule has 0 bridgehead atoms. The summed E-state index contributed by atoms with van der Waals surface area (Å²) in [5.41, 5.74) is 1.14. The van der Waals surface area contributed by atoms with Crippen LogP contribution >= 0.6 is 23.1 Å². The van der Waals surface area contributed by atoms with Gasteiger partial charge in [-0.1, -0.05) is 35.2 Å². The van der Waals surface area contributed by atoms with Crippen molar-refractivity contribution in [3.05, 3.63) is 30.0 Å². The standard InChI is InChI=1S/C14H13N5O3S2/c1-2-22-10(20)7-23-14-19-18-13(24-14)16-12(21)9-5-3-4-8-6-15-17-11(8)9/h3-6H,2,7H2,1H3,(H,15,17)(H,16,18,21). The fraction of sp³-hybridized carbons (Fsp3) is 0.214. The summed E-state index contributed by atoms with van der Waals surface area (Å²) in [6, 6.07) is 5.35. The number of fused-ring (bicyclic) bond motifs is 1. The molecule has 1 aromatic carbocycles. The number of benzene rings is 1. The fourth-order valence-electron chi connectivity index (χ4n) is 1.96. The van der Waals surface area contributed by atoms with Gasteiger partial charge in [0.1, 0.15) is 0 Å². The summed E-state index contributed by atoms with van der Waals surface area (Å²) < 4.78 is 5.43. The van der Waals surface area contributed by atoms with Crippen LogP contribution < -0.4 is 5.32 Å². The summed E-state index contributed by atoms with van der Waals surface area (Å²) in [7, 11) is 0. The molecule has 2 aromatic heterocycles. The van der Waals surface area contributed by atoms with Crippen LogP contribution in [0.5, 0.6) is 0 Å². The number of hydrogen-bond acceptors (Lipinski definition) is 8. The Morgan fingerprint density at radius 3 is 3.08 bits per heavy atom. The number of rotatable bonds is 6. The van der Waals surface area contributed by atoms with Gasteiger partial charge in [0.05, 0.1) is 29.6 Å². The van der Waals surface area contributed by atoms with Crippen molar-refractivity contribution in [3.8, 4) is 0 Å². The minimum absolute atomic E-state index is 0.157. The van der Waals surface area contributed by atoms with Crippen LogP contribution in [0.15, 0.2) is 28.7 Å². The highest BCUT2D eigenvalue weighted by atomic mass is 32.2. The maximum absolute atomic E-state index is 12.4. The van der Waals surface area contributed by atoms with E-state index in [-0.39, 0.29) is 17.6 Å². The van der Waals surface area contributed by atoms with Crippen LogP contribution in [-0.2, 0) is 9.53 Å². The molecule has 0 fully saturated rings. The van der Waals surface area contributed by atoms with Crippen molar-refractivity contribution in [1.82, 2.24) is 20.4 Å². The number of aromatic amines is 1. The van der Waals surface area contributed by atoms with E-state index in [0.717, 1.165) is 5.39 Å². The predicted octanol–water partition coefficient (Wildman–Crippen LogP) is 2.32. The third-order valence-electron chi connectivity index (χ3n) is 2.97. The second-order valence-corrected chi connectivity index (χ2v) is 6.76. The molecule has 0 aliphatic heterocycles. The summed E-state index contributed by atoms with van der Waals surface area (Å²) in [5, 5.41) is 18.5. The Balaban J connectivity index is 1.65. The lowest BCUT2D eigenvalue weighted by atomic mass is 10.1. The highest BCUT2D eigenvalue weighted by Crippen LogP contribution is 2.26. The van der Waals surface area contributed by atoms with Crippen molar-refractivity contribution in [3.63, 3.8) is 0 Å². The monoisotopic (exact) mass is 363 g/mol. The van der Waals surface area contributed by atoms with Gasteiger partial charge in [-0.25, -0.2) is 0 Å². The molecule has 8 nitrogen and oxygen atoms in total. The van der Waals surface area contributed by atoms with Crippen LogP contribution in [0.3, 0.4) is 0 Å². The molecule has 1 amide bonds. The van der Waals surface area contributed by atoms with Gasteiger partial charge in [-0.2, -0.15) is 5.10 Å². The SMILES string of the molecule is CCOC(=O)CSc1nnc(NC(=O)c2cccc3cn[nH]c23)s1. The first-order chi connectivity index (χ1) is 11.7. The zero-order chi connectivity index (χ0) is 16.9. The highest BCUT2D eigenvalue weighted by molar-refractivity contribution is 8.01. The lowest BCUT2D eigenvalue weighted by molar-refractivity contribution is -0.139. The molecule has 0 spiro atoms. The number of carbonyl (C=O) groups excluding carboxylic acids is 2. The summed E-state index contributed by atoms with van der Waals surface area (Å²) in [5.74, 6) is -0.457. The van der Waals surface area contributed by atoms with E-state index in [0.29, 0.717) is 27.2 Å². The molecule has 24 heavy (non-hydrogen) atoms. The number of thioether (sulfide) groups is 1. The van der Waals surface area contributed by atoms with Crippen molar-refractivity contribution in [2.45, 2.75) is 11.3 Å². The third-order valence-corrected chi connectivity index (χ3v) is 4.91. The lowest BCUT2D eigenvalue weighted by Crippen LogP contribution is -2.12. The summed E-state index contributed by atoms with van der Waals surface area (Å²) in [6.07, 6.45) is 1.65. The van der Waals surface area contributed by atoms with E-state index >= 15 is 0 Å². The average molecular weight is 363 g/mol. The Morgan fingerprint density at radius 1 is 1.38 bits per heavy atom. The smallest absolute Gasteiger partial charge is 0.316 e. The quantitative estimate of drug-likeness (QED) is 0.393. The number of esters is 1. The van der Waals surface area contributed by atoms with E-state index in [4.69, 9.17) is 4.74 Å². The number of H-pyrrole nitrogens is 1. The number of carbonyl (C=O) groups is 2. The van der Waals surface area contributed by atoms with Gasteiger partial charge >= 0.3 is 5.97 Å². The molecule has 0 aliphatic carbocycles. The van der Waals surface area contributed by atoms with Crippen molar-refractivity contribution in [1.29, 1.82) is 0 Å². The van der Waals surface area contributed by atoms with Gasteiger partial charge in [0.25, 0.3) is 5.91 Å². The summed E-state index contributed by atoms with van der Waals surface area (Å²) in [4.78, 5) is 23.7. The Labute approximate surface area is 145 Å². The first-order valence-corrected chi connectivity index (χ1v) is 8.83. The van der Waals surface area contributed by atoms with Crippen LogP contribution in [0, 0.1) is 0 Å². The molecular formula is C14H13N5O3S2. The first-order valence-electron chi connectivity index (χ1n) is 7.02. The van der Waals surface area contributed by atoms with E-state index in [1.54, 1.807) is 25.3 Å². The van der Waals surface area contributed by atoms with Gasteiger partial charge in [0.15, 0.2) is 4.34 Å². The average Bonchev–Trinajstić information content (AvgIpc) is 3.21. The third kappa shape index (κ3) is 3.71. The van der Waals surface area contributed by atoms with Crippen LogP contribution in [0.4, 0.5) is 5.13 Å². The minimum atomic E-state index is -0.311. The molecule has 2 heterocycles. The van der Waals surface area contributed by atoms with Crippen molar-refractivity contribution in [2.75, 3.05) is 17.7 Å². The van der Waals surface area contributed by atoms with Gasteiger partial charge in [-0.3, -0.25) is 20.0 Å². The number of amides is 1. The second-order valence-electron chi connectivity index (χ2n) is 4.56. The van der Waals surface area contributed by atoms with Gasteiger partial charge < -0.3 is 4.74 Å². The Morgan fingerprint density at radius 2 is 2.25 bits per heavy atom. The van der Waals surface area contributed by atoms with E-state index in [2.05, 4.69) is 25.7 Å². The van der Waals surface area contributed by atoms with E-state index in [1.807, 2.05) is 6.07 Å². The molecule has 0 saturated carbocycles. The molecule has 3 aromatic rings. The molecule has 0 saturated heterocycles. The van der Waals surface area contributed by atoms with Gasteiger partial charge in [0, 0.05) is 5.39 Å². The Kier molecular flexibility index (Phi) is 5.06. The minimum Gasteiger partial charge on any atom is -0.465 e. The van der Waals surface area contributed by atoms with Crippen LogP contribution in [0.2, 0.25) is 0 Å². The maximum atomic E-state index is 12.4. The van der Waals surface area contributed by atoms with Crippen molar-refractivity contribution in [2.24, 2.45) is 0 Å². The molecule has 3 rings (SSSR count). The molecule has 10 heteroatoms. The van der Waals surface area contributed by atoms with Gasteiger partial charge in [-0.15, -0.1) is 10.2 Å². The molecule has 0 aliphatic rings. The normalized spacial score (nSPS) is 10.7. The lowest BCUT2D eigenvalue weighted by Gasteiger charge is -2.02. The van der Waals surface area contributed by atoms with E-state index < -0.39 is 0 Å². The van der Waals surface area contributed by atoms with E-state index in [9.17, 15) is 9.59 Å². The number of para-hydroxylation sites is 1. The highest BCUT2D eigenvalue weighted by Gasteiger charge is 2.14. The first kappa shape index (κ1) is 16.4. The summed E-state index contributed by atoms with van der Waals surface area (Å²) in [6.45, 7) is 2.09. The Hall–Kier alpha value is -2.46. The van der Waals surface area contributed by atoms with E-state index in [1.165, 1.54) is 23.1 Å².